The minimum Gasteiger partial charge on any atom is -0.478 e. The molecule has 0 aromatic heterocycles. The van der Waals surface area contributed by atoms with Crippen LogP contribution in [0.25, 0.3) is 0 Å². The Morgan fingerprint density at radius 1 is 1.14 bits per heavy atom. The number of benzene rings is 1. The molecule has 0 bridgehead atoms. The van der Waals surface area contributed by atoms with Crippen LogP contribution in [0.3, 0.4) is 0 Å². The first-order valence-corrected chi connectivity index (χ1v) is 7.20. The lowest BCUT2D eigenvalue weighted by Gasteiger charge is -2.33. The van der Waals surface area contributed by atoms with E-state index in [1.54, 1.807) is 6.92 Å². The number of anilines is 1. The van der Waals surface area contributed by atoms with E-state index in [1.807, 2.05) is 48.4 Å². The van der Waals surface area contributed by atoms with Crippen molar-refractivity contribution >= 4 is 17.4 Å². The summed E-state index contributed by atoms with van der Waals surface area (Å²) < 4.78 is 0. The lowest BCUT2D eigenvalue weighted by molar-refractivity contribution is -0.132. The fourth-order valence-corrected chi connectivity index (χ4v) is 3.18. The molecule has 0 radical (unpaired) electrons. The van der Waals surface area contributed by atoms with Gasteiger partial charge in [-0.15, -0.1) is 0 Å². The second-order valence-corrected chi connectivity index (χ2v) is 5.67. The molecule has 0 saturated heterocycles. The maximum absolute atomic E-state index is 11.9. The molecule has 0 spiro atoms. The van der Waals surface area contributed by atoms with Gasteiger partial charge in [-0.1, -0.05) is 23.8 Å². The largest absolute Gasteiger partial charge is 0.478 e. The second-order valence-electron chi connectivity index (χ2n) is 5.67. The van der Waals surface area contributed by atoms with Crippen molar-refractivity contribution in [3.05, 3.63) is 64.5 Å². The zero-order chi connectivity index (χ0) is 15.9. The van der Waals surface area contributed by atoms with Gasteiger partial charge in [0.05, 0.1) is 5.57 Å². The van der Waals surface area contributed by atoms with Gasteiger partial charge in [-0.2, -0.15) is 0 Å². The van der Waals surface area contributed by atoms with Crippen LogP contribution < -0.4 is 4.90 Å². The number of ketones is 1. The van der Waals surface area contributed by atoms with Crippen LogP contribution >= 0.6 is 0 Å². The average molecular weight is 295 g/mol. The topological polar surface area (TPSA) is 57.6 Å². The molecule has 2 aliphatic rings. The van der Waals surface area contributed by atoms with Gasteiger partial charge in [-0.25, -0.2) is 4.79 Å². The zero-order valence-corrected chi connectivity index (χ0v) is 12.6. The Morgan fingerprint density at radius 3 is 2.45 bits per heavy atom. The smallest absolute Gasteiger partial charge is 0.338 e. The lowest BCUT2D eigenvalue weighted by Crippen LogP contribution is -2.28. The summed E-state index contributed by atoms with van der Waals surface area (Å²) >= 11 is 0. The molecule has 3 rings (SSSR count). The lowest BCUT2D eigenvalue weighted by atomic mass is 9.81. The Morgan fingerprint density at radius 2 is 1.82 bits per heavy atom. The number of carbonyl (C=O) groups excluding carboxylic acids is 1. The van der Waals surface area contributed by atoms with Crippen molar-refractivity contribution in [3.8, 4) is 0 Å². The van der Waals surface area contributed by atoms with Crippen molar-refractivity contribution in [1.82, 2.24) is 0 Å². The molecule has 1 heterocycles. The number of carbonyl (C=O) groups is 2. The van der Waals surface area contributed by atoms with Crippen LogP contribution in [0.5, 0.6) is 0 Å². The highest BCUT2D eigenvalue weighted by Crippen LogP contribution is 2.40. The average Bonchev–Trinajstić information content (AvgIpc) is 2.47. The summed E-state index contributed by atoms with van der Waals surface area (Å²) in [5, 5.41) is 9.67. The molecule has 1 N–H and O–H groups in total. The summed E-state index contributed by atoms with van der Waals surface area (Å²) in [4.78, 5) is 25.5. The number of hydrogen-bond donors (Lipinski definition) is 1. The van der Waals surface area contributed by atoms with Crippen LogP contribution in [-0.4, -0.2) is 16.9 Å². The molecule has 112 valence electrons. The summed E-state index contributed by atoms with van der Waals surface area (Å²) in [6.45, 7) is 3.65. The fourth-order valence-electron chi connectivity index (χ4n) is 3.18. The summed E-state index contributed by atoms with van der Waals surface area (Å²) in [6, 6.07) is 9.57. The predicted molar refractivity (Wildman–Crippen MR) is 84.3 cm³/mol. The maximum atomic E-state index is 11.9. The maximum Gasteiger partial charge on any atom is 0.338 e. The zero-order valence-electron chi connectivity index (χ0n) is 12.6. The Bertz CT molecular complexity index is 754. The molecule has 0 unspecified atom stereocenters. The quantitative estimate of drug-likeness (QED) is 0.908. The van der Waals surface area contributed by atoms with E-state index in [1.165, 1.54) is 0 Å². The number of carboxylic acids is 1. The van der Waals surface area contributed by atoms with Gasteiger partial charge in [-0.05, 0) is 37.1 Å². The van der Waals surface area contributed by atoms with Gasteiger partial charge in [0.15, 0.2) is 0 Å². The Balaban J connectivity index is 2.22. The van der Waals surface area contributed by atoms with Crippen molar-refractivity contribution in [2.24, 2.45) is 0 Å². The van der Waals surface area contributed by atoms with E-state index in [4.69, 9.17) is 0 Å². The highest BCUT2D eigenvalue weighted by Gasteiger charge is 2.32. The number of rotatable bonds is 2. The van der Waals surface area contributed by atoms with Crippen molar-refractivity contribution < 1.29 is 14.7 Å². The van der Waals surface area contributed by atoms with Gasteiger partial charge in [0, 0.05) is 30.4 Å². The highest BCUT2D eigenvalue weighted by atomic mass is 16.4. The Hall–Kier alpha value is -2.62. The number of carboxylic acid groups (broad SMARTS) is 1. The molecular formula is C18H17NO3. The third-order valence-corrected chi connectivity index (χ3v) is 4.10. The first kappa shape index (κ1) is 14.3. The number of hydrogen-bond acceptors (Lipinski definition) is 3. The van der Waals surface area contributed by atoms with Crippen LogP contribution in [0.2, 0.25) is 0 Å². The van der Waals surface area contributed by atoms with Crippen molar-refractivity contribution in [3.63, 3.8) is 0 Å². The SMILES string of the molecule is CC1=C2C(=CN(c3ccccc3)C(C)=C2C(=O)O)CC(=O)C1. The molecule has 0 atom stereocenters. The van der Waals surface area contributed by atoms with Crippen molar-refractivity contribution in [2.45, 2.75) is 26.7 Å². The Kier molecular flexibility index (Phi) is 3.45. The third-order valence-electron chi connectivity index (χ3n) is 4.10. The molecule has 0 fully saturated rings. The van der Waals surface area contributed by atoms with E-state index in [0.717, 1.165) is 22.4 Å². The molecule has 1 aromatic rings. The minimum atomic E-state index is -0.951. The third kappa shape index (κ3) is 2.26. The summed E-state index contributed by atoms with van der Waals surface area (Å²) in [6.07, 6.45) is 2.52. The van der Waals surface area contributed by atoms with Crippen LogP contribution in [0, 0.1) is 0 Å². The van der Waals surface area contributed by atoms with E-state index in [-0.39, 0.29) is 5.78 Å². The van der Waals surface area contributed by atoms with Gasteiger partial charge in [0.25, 0.3) is 0 Å². The Labute approximate surface area is 129 Å². The van der Waals surface area contributed by atoms with Crippen LogP contribution in [0.1, 0.15) is 26.7 Å². The van der Waals surface area contributed by atoms with E-state index < -0.39 is 5.97 Å². The van der Waals surface area contributed by atoms with E-state index in [9.17, 15) is 14.7 Å². The van der Waals surface area contributed by atoms with Crippen LogP contribution in [-0.2, 0) is 9.59 Å². The summed E-state index contributed by atoms with van der Waals surface area (Å²) in [5.41, 5.74) is 4.22. The molecule has 1 aliphatic heterocycles. The predicted octanol–water partition coefficient (Wildman–Crippen LogP) is 3.43. The molecule has 0 amide bonds. The number of para-hydroxylation sites is 1. The molecule has 0 saturated carbocycles. The molecule has 4 heteroatoms. The van der Waals surface area contributed by atoms with Gasteiger partial charge >= 0.3 is 5.97 Å². The van der Waals surface area contributed by atoms with E-state index in [0.29, 0.717) is 24.1 Å². The molecule has 1 aliphatic carbocycles. The van der Waals surface area contributed by atoms with Crippen molar-refractivity contribution in [1.29, 1.82) is 0 Å². The summed E-state index contributed by atoms with van der Waals surface area (Å²) in [7, 11) is 0. The van der Waals surface area contributed by atoms with E-state index >= 15 is 0 Å². The number of allylic oxidation sites excluding steroid dienone is 3. The van der Waals surface area contributed by atoms with Crippen LogP contribution in [0.4, 0.5) is 5.69 Å². The van der Waals surface area contributed by atoms with Gasteiger partial charge in [0.1, 0.15) is 5.78 Å². The number of fused-ring (bicyclic) bond motifs is 1. The number of aliphatic carboxylic acids is 1. The van der Waals surface area contributed by atoms with Gasteiger partial charge in [0.2, 0.25) is 0 Å². The first-order chi connectivity index (χ1) is 10.5. The second kappa shape index (κ2) is 5.30. The number of Topliss-reactive ketones (excluding diaryl/α,β-unsaturated/α-hetero) is 1. The monoisotopic (exact) mass is 295 g/mol. The molecule has 1 aromatic carbocycles. The summed E-state index contributed by atoms with van der Waals surface area (Å²) in [5.74, 6) is -0.822. The fraction of sp³-hybridized carbons (Fsp3) is 0.222. The minimum absolute atomic E-state index is 0.129. The van der Waals surface area contributed by atoms with Crippen molar-refractivity contribution in [2.75, 3.05) is 4.90 Å². The standard InChI is InChI=1S/C18H17NO3/c1-11-8-15(20)9-13-10-19(14-6-4-3-5-7-14)12(2)17(16(11)13)18(21)22/h3-7,10H,8-9H2,1-2H3,(H,21,22). The normalized spacial score (nSPS) is 18.4. The molecule has 22 heavy (non-hydrogen) atoms. The van der Waals surface area contributed by atoms with E-state index in [2.05, 4.69) is 0 Å². The number of nitrogens with zero attached hydrogens (tertiary/aromatic N) is 1. The molecule has 4 nitrogen and oxygen atoms in total. The van der Waals surface area contributed by atoms with Gasteiger partial charge in [-0.3, -0.25) is 4.79 Å². The highest BCUT2D eigenvalue weighted by molar-refractivity contribution is 6.00. The first-order valence-electron chi connectivity index (χ1n) is 7.20. The molecular weight excluding hydrogens is 278 g/mol. The van der Waals surface area contributed by atoms with Crippen LogP contribution in [0.15, 0.2) is 64.5 Å². The van der Waals surface area contributed by atoms with Gasteiger partial charge < -0.3 is 10.0 Å².